The Labute approximate surface area is 166 Å². The fraction of sp³-hybridized carbons (Fsp3) is 0.700. The molecule has 150 valence electrons. The molecular weight excluding hydrogens is 358 g/mol. The Kier molecular flexibility index (Phi) is 7.80. The molecule has 2 aliphatic rings. The van der Waals surface area contributed by atoms with Gasteiger partial charge in [-0.3, -0.25) is 4.79 Å². The van der Waals surface area contributed by atoms with Crippen molar-refractivity contribution in [2.24, 2.45) is 4.99 Å². The lowest BCUT2D eigenvalue weighted by atomic mass is 9.95. The molecule has 1 aliphatic carbocycles. The fourth-order valence-corrected chi connectivity index (χ4v) is 4.66. The first-order valence-electron chi connectivity index (χ1n) is 10.4. The van der Waals surface area contributed by atoms with Gasteiger partial charge in [-0.15, -0.1) is 11.3 Å². The number of guanidine groups is 1. The largest absolute Gasteiger partial charge is 0.363 e. The van der Waals surface area contributed by atoms with Crippen molar-refractivity contribution in [2.45, 2.75) is 64.0 Å². The Morgan fingerprint density at radius 3 is 2.56 bits per heavy atom. The highest BCUT2D eigenvalue weighted by molar-refractivity contribution is 7.14. The van der Waals surface area contributed by atoms with Crippen LogP contribution in [0.4, 0.5) is 5.00 Å². The molecule has 3 rings (SSSR count). The highest BCUT2D eigenvalue weighted by atomic mass is 32.1. The predicted octanol–water partition coefficient (Wildman–Crippen LogP) is 2.72. The third-order valence-electron chi connectivity index (χ3n) is 5.35. The summed E-state index contributed by atoms with van der Waals surface area (Å²) in [6, 6.07) is 5.05. The molecule has 6 nitrogen and oxygen atoms in total. The molecule has 1 aromatic rings. The van der Waals surface area contributed by atoms with Crippen molar-refractivity contribution in [1.29, 1.82) is 0 Å². The maximum Gasteiger partial charge on any atom is 0.242 e. The molecule has 2 fully saturated rings. The van der Waals surface area contributed by atoms with Gasteiger partial charge in [-0.2, -0.15) is 0 Å². The van der Waals surface area contributed by atoms with E-state index in [-0.39, 0.29) is 12.5 Å². The molecule has 0 spiro atoms. The first kappa shape index (κ1) is 20.0. The second-order valence-electron chi connectivity index (χ2n) is 7.45. The van der Waals surface area contributed by atoms with Crippen molar-refractivity contribution in [3.8, 4) is 0 Å². The van der Waals surface area contributed by atoms with E-state index in [0.717, 1.165) is 51.3 Å². The zero-order chi connectivity index (χ0) is 18.9. The van der Waals surface area contributed by atoms with Crippen LogP contribution in [0.5, 0.6) is 0 Å². The van der Waals surface area contributed by atoms with E-state index in [2.05, 4.69) is 50.3 Å². The number of thiophene rings is 1. The SMILES string of the molecule is CCNC(=NCC(=O)NC1CCCCC1)NC1CCN(c2cccs2)CC1. The molecule has 0 atom stereocenters. The molecule has 2 heterocycles. The van der Waals surface area contributed by atoms with Gasteiger partial charge in [0.1, 0.15) is 6.54 Å². The van der Waals surface area contributed by atoms with Crippen molar-refractivity contribution in [2.75, 3.05) is 31.1 Å². The van der Waals surface area contributed by atoms with Crippen molar-refractivity contribution >= 4 is 28.2 Å². The standard InChI is InChI=1S/C20H33N5OS/c1-2-21-20(22-15-18(26)23-16-7-4-3-5-8-16)24-17-10-12-25(13-11-17)19-9-6-14-27-19/h6,9,14,16-17H,2-5,7-8,10-13,15H2,1H3,(H,23,26)(H2,21,22,24). The Bertz CT molecular complexity index is 590. The number of aliphatic imine (C=N–C) groups is 1. The van der Waals surface area contributed by atoms with Crippen molar-refractivity contribution < 1.29 is 4.79 Å². The average molecular weight is 392 g/mol. The third-order valence-corrected chi connectivity index (χ3v) is 6.28. The van der Waals surface area contributed by atoms with Crippen LogP contribution in [0.3, 0.4) is 0 Å². The lowest BCUT2D eigenvalue weighted by Gasteiger charge is -2.33. The van der Waals surface area contributed by atoms with E-state index in [1.807, 2.05) is 0 Å². The Morgan fingerprint density at radius 1 is 1.15 bits per heavy atom. The maximum atomic E-state index is 12.2. The number of hydrogen-bond donors (Lipinski definition) is 3. The molecule has 0 radical (unpaired) electrons. The van der Waals surface area contributed by atoms with Crippen LogP contribution in [0, 0.1) is 0 Å². The number of piperidine rings is 1. The lowest BCUT2D eigenvalue weighted by molar-refractivity contribution is -0.120. The first-order valence-corrected chi connectivity index (χ1v) is 11.2. The third kappa shape index (κ3) is 6.41. The summed E-state index contributed by atoms with van der Waals surface area (Å²) in [5.74, 6) is 0.789. The molecular formula is C20H33N5OS. The van der Waals surface area contributed by atoms with Gasteiger partial charge in [-0.05, 0) is 50.1 Å². The van der Waals surface area contributed by atoms with Crippen LogP contribution in [0.25, 0.3) is 0 Å². The topological polar surface area (TPSA) is 68.8 Å². The van der Waals surface area contributed by atoms with Gasteiger partial charge in [0, 0.05) is 31.7 Å². The maximum absolute atomic E-state index is 12.2. The van der Waals surface area contributed by atoms with Crippen LogP contribution in [0.2, 0.25) is 0 Å². The second-order valence-corrected chi connectivity index (χ2v) is 8.38. The van der Waals surface area contributed by atoms with Crippen LogP contribution >= 0.6 is 11.3 Å². The molecule has 1 saturated heterocycles. The van der Waals surface area contributed by atoms with Crippen LogP contribution in [0.15, 0.2) is 22.5 Å². The molecule has 1 amide bonds. The van der Waals surface area contributed by atoms with E-state index < -0.39 is 0 Å². The van der Waals surface area contributed by atoms with Gasteiger partial charge >= 0.3 is 0 Å². The van der Waals surface area contributed by atoms with Crippen LogP contribution in [0.1, 0.15) is 51.9 Å². The zero-order valence-electron chi connectivity index (χ0n) is 16.4. The summed E-state index contributed by atoms with van der Waals surface area (Å²) in [6.45, 7) is 5.15. The molecule has 1 aromatic heterocycles. The van der Waals surface area contributed by atoms with Crippen LogP contribution < -0.4 is 20.9 Å². The van der Waals surface area contributed by atoms with Crippen molar-refractivity contribution in [1.82, 2.24) is 16.0 Å². The monoisotopic (exact) mass is 391 g/mol. The minimum absolute atomic E-state index is 0.0339. The summed E-state index contributed by atoms with van der Waals surface area (Å²) in [7, 11) is 0. The van der Waals surface area contributed by atoms with E-state index >= 15 is 0 Å². The van der Waals surface area contributed by atoms with Gasteiger partial charge in [0.15, 0.2) is 5.96 Å². The van der Waals surface area contributed by atoms with Gasteiger partial charge < -0.3 is 20.9 Å². The molecule has 27 heavy (non-hydrogen) atoms. The highest BCUT2D eigenvalue weighted by Crippen LogP contribution is 2.24. The van der Waals surface area contributed by atoms with E-state index in [4.69, 9.17) is 0 Å². The molecule has 1 aliphatic heterocycles. The normalized spacial score (nSPS) is 19.7. The number of carbonyl (C=O) groups is 1. The quantitative estimate of drug-likeness (QED) is 0.515. The van der Waals surface area contributed by atoms with Crippen LogP contribution in [-0.4, -0.2) is 50.1 Å². The summed E-state index contributed by atoms with van der Waals surface area (Å²) < 4.78 is 0. The van der Waals surface area contributed by atoms with Crippen LogP contribution in [-0.2, 0) is 4.79 Å². The average Bonchev–Trinajstić information content (AvgIpc) is 3.22. The Hall–Kier alpha value is -1.76. The minimum atomic E-state index is 0.0339. The van der Waals surface area contributed by atoms with Gasteiger partial charge in [-0.1, -0.05) is 19.3 Å². The number of rotatable bonds is 6. The molecule has 1 saturated carbocycles. The number of hydrogen-bond acceptors (Lipinski definition) is 4. The summed E-state index contributed by atoms with van der Waals surface area (Å²) in [4.78, 5) is 19.2. The van der Waals surface area contributed by atoms with Gasteiger partial charge in [0.2, 0.25) is 5.91 Å². The van der Waals surface area contributed by atoms with Gasteiger partial charge in [0.05, 0.1) is 5.00 Å². The summed E-state index contributed by atoms with van der Waals surface area (Å²) in [5, 5.41) is 13.4. The van der Waals surface area contributed by atoms with Crippen molar-refractivity contribution in [3.63, 3.8) is 0 Å². The van der Waals surface area contributed by atoms with E-state index in [1.54, 1.807) is 11.3 Å². The molecule has 7 heteroatoms. The molecule has 0 unspecified atom stereocenters. The Morgan fingerprint density at radius 2 is 1.89 bits per heavy atom. The highest BCUT2D eigenvalue weighted by Gasteiger charge is 2.21. The number of nitrogens with one attached hydrogen (secondary N) is 3. The van der Waals surface area contributed by atoms with E-state index in [0.29, 0.717) is 12.1 Å². The van der Waals surface area contributed by atoms with E-state index in [1.165, 1.54) is 24.3 Å². The molecule has 3 N–H and O–H groups in total. The number of amides is 1. The lowest BCUT2D eigenvalue weighted by Crippen LogP contribution is -2.49. The first-order chi connectivity index (χ1) is 13.2. The molecule has 0 aromatic carbocycles. The van der Waals surface area contributed by atoms with Crippen molar-refractivity contribution in [3.05, 3.63) is 17.5 Å². The summed E-state index contributed by atoms with van der Waals surface area (Å²) in [5.41, 5.74) is 0. The minimum Gasteiger partial charge on any atom is -0.363 e. The smallest absolute Gasteiger partial charge is 0.242 e. The number of anilines is 1. The predicted molar refractivity (Wildman–Crippen MR) is 114 cm³/mol. The zero-order valence-corrected chi connectivity index (χ0v) is 17.2. The second kappa shape index (κ2) is 10.5. The Balaban J connectivity index is 1.44. The fourth-order valence-electron chi connectivity index (χ4n) is 3.88. The van der Waals surface area contributed by atoms with E-state index in [9.17, 15) is 4.79 Å². The summed E-state index contributed by atoms with van der Waals surface area (Å²) >= 11 is 1.80. The number of carbonyl (C=O) groups excluding carboxylic acids is 1. The van der Waals surface area contributed by atoms with Gasteiger partial charge in [-0.25, -0.2) is 4.99 Å². The summed E-state index contributed by atoms with van der Waals surface area (Å²) in [6.07, 6.45) is 8.12. The van der Waals surface area contributed by atoms with Gasteiger partial charge in [0.25, 0.3) is 0 Å². The number of nitrogens with zero attached hydrogens (tertiary/aromatic N) is 2. The molecule has 0 bridgehead atoms.